The van der Waals surface area contributed by atoms with Crippen molar-refractivity contribution in [2.75, 3.05) is 7.05 Å². The summed E-state index contributed by atoms with van der Waals surface area (Å²) >= 11 is 0. The summed E-state index contributed by atoms with van der Waals surface area (Å²) in [6, 6.07) is 10.5. The normalized spacial score (nSPS) is 11.0. The van der Waals surface area contributed by atoms with E-state index in [9.17, 15) is 9.18 Å². The minimum absolute atomic E-state index is 0.0758. The molecule has 0 saturated carbocycles. The molecular formula is C16H18FNO. The number of rotatable bonds is 3. The first-order valence-corrected chi connectivity index (χ1v) is 6.42. The maximum atomic E-state index is 13.2. The van der Waals surface area contributed by atoms with E-state index >= 15 is 0 Å². The Morgan fingerprint density at radius 3 is 2.68 bits per heavy atom. The maximum absolute atomic E-state index is 13.2. The molecule has 2 nitrogen and oxygen atoms in total. The van der Waals surface area contributed by atoms with Gasteiger partial charge >= 0.3 is 0 Å². The summed E-state index contributed by atoms with van der Waals surface area (Å²) in [7, 11) is 1.80. The van der Waals surface area contributed by atoms with Crippen LogP contribution in [0.25, 0.3) is 10.8 Å². The zero-order chi connectivity index (χ0) is 14.0. The molecule has 0 fully saturated rings. The molecule has 0 N–H and O–H groups in total. The molecule has 0 aromatic heterocycles. The standard InChI is InChI=1S/C16H18FNO/c1-11(2)18(3)16(19)10-13-6-4-5-12-9-14(17)7-8-15(12)13/h4-9,11H,10H2,1-3H3. The van der Waals surface area contributed by atoms with Crippen LogP contribution >= 0.6 is 0 Å². The van der Waals surface area contributed by atoms with E-state index in [1.165, 1.54) is 12.1 Å². The average molecular weight is 259 g/mol. The molecule has 0 bridgehead atoms. The van der Waals surface area contributed by atoms with Gasteiger partial charge in [0.15, 0.2) is 0 Å². The minimum Gasteiger partial charge on any atom is -0.343 e. The predicted octanol–water partition coefficient (Wildman–Crippen LogP) is 3.39. The maximum Gasteiger partial charge on any atom is 0.226 e. The van der Waals surface area contributed by atoms with E-state index in [1.54, 1.807) is 18.0 Å². The Kier molecular flexibility index (Phi) is 3.84. The van der Waals surface area contributed by atoms with Gasteiger partial charge in [-0.1, -0.05) is 24.3 Å². The first kappa shape index (κ1) is 13.5. The van der Waals surface area contributed by atoms with E-state index in [2.05, 4.69) is 0 Å². The molecule has 0 spiro atoms. The number of nitrogens with zero attached hydrogens (tertiary/aromatic N) is 1. The SMILES string of the molecule is CC(C)N(C)C(=O)Cc1cccc2cc(F)ccc12. The fraction of sp³-hybridized carbons (Fsp3) is 0.312. The molecule has 1 amide bonds. The lowest BCUT2D eigenvalue weighted by Gasteiger charge is -2.21. The number of halogens is 1. The molecule has 19 heavy (non-hydrogen) atoms. The summed E-state index contributed by atoms with van der Waals surface area (Å²) < 4.78 is 13.2. The minimum atomic E-state index is -0.254. The number of carbonyl (C=O) groups is 1. The quantitative estimate of drug-likeness (QED) is 0.827. The van der Waals surface area contributed by atoms with E-state index in [-0.39, 0.29) is 17.8 Å². The molecule has 0 aliphatic carbocycles. The van der Waals surface area contributed by atoms with Gasteiger partial charge in [0.05, 0.1) is 6.42 Å². The smallest absolute Gasteiger partial charge is 0.226 e. The summed E-state index contributed by atoms with van der Waals surface area (Å²) in [6.07, 6.45) is 0.345. The van der Waals surface area contributed by atoms with Crippen molar-refractivity contribution >= 4 is 16.7 Å². The summed E-state index contributed by atoms with van der Waals surface area (Å²) in [5, 5.41) is 1.77. The monoisotopic (exact) mass is 259 g/mol. The predicted molar refractivity (Wildman–Crippen MR) is 75.5 cm³/mol. The largest absolute Gasteiger partial charge is 0.343 e. The lowest BCUT2D eigenvalue weighted by molar-refractivity contribution is -0.130. The summed E-state index contributed by atoms with van der Waals surface area (Å²) in [5.41, 5.74) is 0.940. The van der Waals surface area contributed by atoms with E-state index in [0.29, 0.717) is 6.42 Å². The molecule has 0 aliphatic heterocycles. The molecule has 0 saturated heterocycles. The Balaban J connectivity index is 2.33. The van der Waals surface area contributed by atoms with Gasteiger partial charge in [-0.05, 0) is 42.3 Å². The van der Waals surface area contributed by atoms with Crippen LogP contribution in [0.5, 0.6) is 0 Å². The zero-order valence-electron chi connectivity index (χ0n) is 11.5. The third-order valence-electron chi connectivity index (χ3n) is 3.44. The highest BCUT2D eigenvalue weighted by Crippen LogP contribution is 2.21. The number of amides is 1. The van der Waals surface area contributed by atoms with Gasteiger partial charge in [-0.3, -0.25) is 4.79 Å². The Labute approximate surface area is 112 Å². The first-order chi connectivity index (χ1) is 8.99. The summed E-state index contributed by atoms with van der Waals surface area (Å²) in [5.74, 6) is -0.179. The fourth-order valence-electron chi connectivity index (χ4n) is 2.05. The van der Waals surface area contributed by atoms with Gasteiger partial charge in [0, 0.05) is 13.1 Å². The Bertz CT molecular complexity index is 607. The van der Waals surface area contributed by atoms with Crippen molar-refractivity contribution in [3.05, 3.63) is 47.8 Å². The van der Waals surface area contributed by atoms with Crippen LogP contribution in [0, 0.1) is 5.82 Å². The number of hydrogen-bond donors (Lipinski definition) is 0. The van der Waals surface area contributed by atoms with Crippen molar-refractivity contribution < 1.29 is 9.18 Å². The van der Waals surface area contributed by atoms with Crippen LogP contribution in [-0.2, 0) is 11.2 Å². The van der Waals surface area contributed by atoms with Crippen molar-refractivity contribution in [3.8, 4) is 0 Å². The second-order valence-electron chi connectivity index (χ2n) is 5.06. The number of benzene rings is 2. The zero-order valence-corrected chi connectivity index (χ0v) is 11.5. The van der Waals surface area contributed by atoms with Gasteiger partial charge < -0.3 is 4.90 Å². The van der Waals surface area contributed by atoms with E-state index in [1.807, 2.05) is 32.0 Å². The molecule has 0 aliphatic rings. The molecule has 0 atom stereocenters. The Morgan fingerprint density at radius 1 is 1.26 bits per heavy atom. The molecule has 0 radical (unpaired) electrons. The average Bonchev–Trinajstić information content (AvgIpc) is 2.37. The van der Waals surface area contributed by atoms with Crippen molar-refractivity contribution in [1.82, 2.24) is 4.90 Å². The van der Waals surface area contributed by atoms with Crippen LogP contribution in [0.15, 0.2) is 36.4 Å². The second-order valence-corrected chi connectivity index (χ2v) is 5.06. The third kappa shape index (κ3) is 2.92. The molecular weight excluding hydrogens is 241 g/mol. The lowest BCUT2D eigenvalue weighted by atomic mass is 10.0. The number of carbonyl (C=O) groups excluding carboxylic acids is 1. The van der Waals surface area contributed by atoms with Crippen LogP contribution in [0.2, 0.25) is 0 Å². The van der Waals surface area contributed by atoms with E-state index in [0.717, 1.165) is 16.3 Å². The third-order valence-corrected chi connectivity index (χ3v) is 3.44. The fourth-order valence-corrected chi connectivity index (χ4v) is 2.05. The molecule has 3 heteroatoms. The highest BCUT2D eigenvalue weighted by Gasteiger charge is 2.13. The van der Waals surface area contributed by atoms with Gasteiger partial charge in [-0.25, -0.2) is 4.39 Å². The molecule has 100 valence electrons. The second kappa shape index (κ2) is 5.39. The van der Waals surface area contributed by atoms with Crippen LogP contribution in [0.4, 0.5) is 4.39 Å². The van der Waals surface area contributed by atoms with E-state index in [4.69, 9.17) is 0 Å². The molecule has 0 heterocycles. The van der Waals surface area contributed by atoms with Gasteiger partial charge in [0.25, 0.3) is 0 Å². The topological polar surface area (TPSA) is 20.3 Å². The van der Waals surface area contributed by atoms with Gasteiger partial charge in [0.2, 0.25) is 5.91 Å². The molecule has 2 aromatic rings. The van der Waals surface area contributed by atoms with Crippen LogP contribution in [0.1, 0.15) is 19.4 Å². The molecule has 0 unspecified atom stereocenters. The van der Waals surface area contributed by atoms with Crippen LogP contribution < -0.4 is 0 Å². The summed E-state index contributed by atoms with van der Waals surface area (Å²) in [4.78, 5) is 13.8. The highest BCUT2D eigenvalue weighted by molar-refractivity contribution is 5.90. The molecule has 2 rings (SSSR count). The van der Waals surface area contributed by atoms with Gasteiger partial charge in [0.1, 0.15) is 5.82 Å². The molecule has 2 aromatic carbocycles. The Morgan fingerprint density at radius 2 is 2.00 bits per heavy atom. The number of hydrogen-bond acceptors (Lipinski definition) is 1. The van der Waals surface area contributed by atoms with Gasteiger partial charge in [-0.15, -0.1) is 0 Å². The first-order valence-electron chi connectivity index (χ1n) is 6.42. The van der Waals surface area contributed by atoms with Crippen molar-refractivity contribution in [3.63, 3.8) is 0 Å². The summed E-state index contributed by atoms with van der Waals surface area (Å²) in [6.45, 7) is 3.97. The number of likely N-dealkylation sites (N-methyl/N-ethyl adjacent to an activating group) is 1. The number of fused-ring (bicyclic) bond motifs is 1. The van der Waals surface area contributed by atoms with Gasteiger partial charge in [-0.2, -0.15) is 0 Å². The van der Waals surface area contributed by atoms with Crippen LogP contribution in [0.3, 0.4) is 0 Å². The Hall–Kier alpha value is -1.90. The van der Waals surface area contributed by atoms with Crippen molar-refractivity contribution in [1.29, 1.82) is 0 Å². The van der Waals surface area contributed by atoms with E-state index < -0.39 is 0 Å². The van der Waals surface area contributed by atoms with Crippen LogP contribution in [-0.4, -0.2) is 23.9 Å². The van der Waals surface area contributed by atoms with Crippen molar-refractivity contribution in [2.24, 2.45) is 0 Å². The lowest BCUT2D eigenvalue weighted by Crippen LogP contribution is -2.34. The van der Waals surface area contributed by atoms with Crippen molar-refractivity contribution in [2.45, 2.75) is 26.3 Å². The highest BCUT2D eigenvalue weighted by atomic mass is 19.1.